The lowest BCUT2D eigenvalue weighted by Crippen LogP contribution is -2.56. The molecule has 1 saturated heterocycles. The van der Waals surface area contributed by atoms with Crippen molar-refractivity contribution in [2.24, 2.45) is 26.4 Å². The first-order valence-corrected chi connectivity index (χ1v) is 10.3. The third-order valence-corrected chi connectivity index (χ3v) is 5.16. The van der Waals surface area contributed by atoms with E-state index in [-0.39, 0.29) is 6.67 Å². The highest BCUT2D eigenvalue weighted by Crippen LogP contribution is 2.29. The van der Waals surface area contributed by atoms with Crippen molar-refractivity contribution in [1.29, 1.82) is 0 Å². The van der Waals surface area contributed by atoms with Crippen LogP contribution in [0.2, 0.25) is 0 Å². The lowest BCUT2D eigenvalue weighted by atomic mass is 9.99. The number of nitrogens with one attached hydrogen (secondary N) is 1. The Hall–Kier alpha value is -2.00. The maximum Gasteiger partial charge on any atom is 0.252 e. The van der Waals surface area contributed by atoms with Gasteiger partial charge in [-0.3, -0.25) is 9.79 Å². The van der Waals surface area contributed by atoms with Crippen LogP contribution in [0.5, 0.6) is 0 Å². The zero-order valence-corrected chi connectivity index (χ0v) is 17.5. The smallest absolute Gasteiger partial charge is 0.252 e. The van der Waals surface area contributed by atoms with E-state index in [2.05, 4.69) is 20.3 Å². The highest BCUT2D eigenvalue weighted by molar-refractivity contribution is 6.47. The molecular formula is C18H31N7O6. The summed E-state index contributed by atoms with van der Waals surface area (Å²) in [4.78, 5) is 26.7. The van der Waals surface area contributed by atoms with Gasteiger partial charge in [0.1, 0.15) is 30.9 Å². The lowest BCUT2D eigenvalue weighted by Gasteiger charge is -2.32. The highest BCUT2D eigenvalue weighted by Gasteiger charge is 2.52. The Bertz CT molecular complexity index is 732. The minimum absolute atomic E-state index is 0.0980. The number of amidine groups is 1. The number of fused-ring (bicyclic) bond motifs is 1. The van der Waals surface area contributed by atoms with Gasteiger partial charge in [-0.1, -0.05) is 0 Å². The topological polar surface area (TPSA) is 190 Å². The van der Waals surface area contributed by atoms with Crippen molar-refractivity contribution in [2.45, 2.75) is 43.5 Å². The van der Waals surface area contributed by atoms with E-state index in [1.165, 1.54) is 6.34 Å². The predicted molar refractivity (Wildman–Crippen MR) is 112 cm³/mol. The first-order valence-electron chi connectivity index (χ1n) is 10.3. The lowest BCUT2D eigenvalue weighted by molar-refractivity contribution is -0.138. The summed E-state index contributed by atoms with van der Waals surface area (Å²) in [6.07, 6.45) is -3.22. The van der Waals surface area contributed by atoms with Crippen LogP contribution in [0.15, 0.2) is 15.0 Å². The number of carbonyl (C=O) groups excluding carboxylic acids is 1. The molecule has 3 aliphatic rings. The molecule has 0 bridgehead atoms. The molecule has 0 aromatic heterocycles. The van der Waals surface area contributed by atoms with Gasteiger partial charge in [0.2, 0.25) is 0 Å². The molecule has 3 rings (SSSR count). The molecular weight excluding hydrogens is 410 g/mol. The normalized spacial score (nSPS) is 32.1. The van der Waals surface area contributed by atoms with Gasteiger partial charge in [-0.2, -0.15) is 0 Å². The second kappa shape index (κ2) is 10.5. The monoisotopic (exact) mass is 441 g/mol. The fourth-order valence-corrected chi connectivity index (χ4v) is 3.56. The van der Waals surface area contributed by atoms with E-state index < -0.39 is 36.1 Å². The van der Waals surface area contributed by atoms with Gasteiger partial charge in [-0.25, -0.2) is 9.98 Å². The molecule has 13 heteroatoms. The number of nitrogens with zero attached hydrogens (tertiary/aromatic N) is 4. The molecule has 1 unspecified atom stereocenters. The van der Waals surface area contributed by atoms with Crippen molar-refractivity contribution in [2.75, 3.05) is 46.2 Å². The van der Waals surface area contributed by atoms with Gasteiger partial charge in [0.25, 0.3) is 5.91 Å². The summed E-state index contributed by atoms with van der Waals surface area (Å²) < 4.78 is 16.5. The molecule has 1 fully saturated rings. The quantitative estimate of drug-likeness (QED) is 0.205. The van der Waals surface area contributed by atoms with E-state index >= 15 is 0 Å². The fourth-order valence-electron chi connectivity index (χ4n) is 3.56. The predicted octanol–water partition coefficient (Wildman–Crippen LogP) is -3.24. The molecule has 0 aromatic carbocycles. The van der Waals surface area contributed by atoms with Gasteiger partial charge >= 0.3 is 0 Å². The fraction of sp³-hybridized carbons (Fsp3) is 0.778. The third kappa shape index (κ3) is 5.09. The van der Waals surface area contributed by atoms with Gasteiger partial charge in [0, 0.05) is 19.5 Å². The molecule has 174 valence electrons. The van der Waals surface area contributed by atoms with Crippen LogP contribution < -0.4 is 16.8 Å². The molecule has 0 radical (unpaired) electrons. The number of ether oxygens (including phenoxy) is 3. The Morgan fingerprint density at radius 1 is 1.32 bits per heavy atom. The van der Waals surface area contributed by atoms with Gasteiger partial charge in [-0.15, -0.1) is 0 Å². The van der Waals surface area contributed by atoms with Gasteiger partial charge in [-0.05, 0) is 6.92 Å². The van der Waals surface area contributed by atoms with Crippen molar-refractivity contribution in [3.8, 4) is 0 Å². The van der Waals surface area contributed by atoms with Crippen LogP contribution in [0.3, 0.4) is 0 Å². The third-order valence-electron chi connectivity index (χ3n) is 5.16. The Labute approximate surface area is 180 Å². The molecule has 7 N–H and O–H groups in total. The second-order valence-corrected chi connectivity index (χ2v) is 7.33. The van der Waals surface area contributed by atoms with Crippen LogP contribution in [0.25, 0.3) is 0 Å². The van der Waals surface area contributed by atoms with Crippen LogP contribution in [0.4, 0.5) is 0 Å². The first kappa shape index (κ1) is 23.7. The molecule has 3 aliphatic heterocycles. The van der Waals surface area contributed by atoms with Gasteiger partial charge in [0.15, 0.2) is 23.8 Å². The van der Waals surface area contributed by atoms with E-state index in [1.807, 2.05) is 0 Å². The molecule has 0 aliphatic carbocycles. The van der Waals surface area contributed by atoms with E-state index in [1.54, 1.807) is 11.8 Å². The summed E-state index contributed by atoms with van der Waals surface area (Å²) in [5.41, 5.74) is 11.1. The standard InChI is InChI=1S/C18H31N7O6/c1-2-21-16(28)13-11(26)12(27)17(31-13)25-10-23-14-15(25)22-9-24-18(14,20)3-5-29-7-8-30-6-4-19/h9,11-13,17,26-27H,2-8,10,19-20H2,1H3,(H,21,28)/t11-,12+,13-,17+,18?/m0/s1. The van der Waals surface area contributed by atoms with Crippen molar-refractivity contribution < 1.29 is 29.2 Å². The van der Waals surface area contributed by atoms with E-state index in [9.17, 15) is 15.0 Å². The Morgan fingerprint density at radius 3 is 2.77 bits per heavy atom. The maximum atomic E-state index is 12.1. The van der Waals surface area contributed by atoms with Crippen molar-refractivity contribution in [3.05, 3.63) is 0 Å². The SMILES string of the molecule is CCNC(=O)[C@H]1O[C@@H](N2CN=C3C2=NC=NC3(N)CCOCCOCCN)[C@H](O)[C@@H]1O. The highest BCUT2D eigenvalue weighted by atomic mass is 16.6. The van der Waals surface area contributed by atoms with Crippen molar-refractivity contribution in [1.82, 2.24) is 10.2 Å². The van der Waals surface area contributed by atoms with Crippen LogP contribution in [0.1, 0.15) is 13.3 Å². The number of hydrogen-bond donors (Lipinski definition) is 5. The summed E-state index contributed by atoms with van der Waals surface area (Å²) in [5.74, 6) is -0.110. The summed E-state index contributed by atoms with van der Waals surface area (Å²) in [7, 11) is 0. The summed E-state index contributed by atoms with van der Waals surface area (Å²) in [5, 5.41) is 23.3. The Morgan fingerprint density at radius 2 is 2.06 bits per heavy atom. The second-order valence-electron chi connectivity index (χ2n) is 7.33. The average molecular weight is 441 g/mol. The van der Waals surface area contributed by atoms with E-state index in [0.717, 1.165) is 0 Å². The molecule has 31 heavy (non-hydrogen) atoms. The first-order chi connectivity index (χ1) is 14.9. The Kier molecular flexibility index (Phi) is 8.05. The maximum absolute atomic E-state index is 12.1. The van der Waals surface area contributed by atoms with Crippen LogP contribution in [-0.4, -0.2) is 115 Å². The van der Waals surface area contributed by atoms with E-state index in [0.29, 0.717) is 57.5 Å². The van der Waals surface area contributed by atoms with Crippen molar-refractivity contribution >= 4 is 23.8 Å². The molecule has 13 nitrogen and oxygen atoms in total. The minimum atomic E-state index is -1.38. The van der Waals surface area contributed by atoms with E-state index in [4.69, 9.17) is 25.7 Å². The number of carbonyl (C=O) groups is 1. The zero-order chi connectivity index (χ0) is 22.4. The largest absolute Gasteiger partial charge is 0.387 e. The van der Waals surface area contributed by atoms with Crippen LogP contribution in [-0.2, 0) is 19.0 Å². The average Bonchev–Trinajstić information content (AvgIpc) is 3.30. The molecule has 0 spiro atoms. The molecule has 0 saturated carbocycles. The number of aliphatic hydroxyl groups is 2. The van der Waals surface area contributed by atoms with Crippen LogP contribution in [0, 0.1) is 0 Å². The minimum Gasteiger partial charge on any atom is -0.387 e. The summed E-state index contributed by atoms with van der Waals surface area (Å²) in [6, 6.07) is 0. The number of hydrogen-bond acceptors (Lipinski definition) is 12. The number of likely N-dealkylation sites (N-methyl/N-ethyl adjacent to an activating group) is 1. The Balaban J connectivity index is 1.59. The molecule has 1 amide bonds. The molecule has 5 atom stereocenters. The van der Waals surface area contributed by atoms with Gasteiger partial charge in [0.05, 0.1) is 26.4 Å². The number of nitrogens with two attached hydrogens (primary N) is 2. The number of aliphatic hydroxyl groups excluding tert-OH is 2. The summed E-state index contributed by atoms with van der Waals surface area (Å²) >= 11 is 0. The number of aliphatic imine (C=N–C) groups is 3. The summed E-state index contributed by atoms with van der Waals surface area (Å²) in [6.45, 7) is 4.33. The van der Waals surface area contributed by atoms with Gasteiger partial charge < -0.3 is 46.1 Å². The molecule has 3 heterocycles. The number of amides is 1. The van der Waals surface area contributed by atoms with Crippen LogP contribution >= 0.6 is 0 Å². The zero-order valence-electron chi connectivity index (χ0n) is 17.5. The molecule has 0 aromatic rings. The number of rotatable bonds is 11. The van der Waals surface area contributed by atoms with Crippen molar-refractivity contribution in [3.63, 3.8) is 0 Å².